The molecule has 0 saturated heterocycles. The van der Waals surface area contributed by atoms with Crippen molar-refractivity contribution in [2.24, 2.45) is 0 Å². The van der Waals surface area contributed by atoms with Crippen molar-refractivity contribution in [3.63, 3.8) is 0 Å². The zero-order valence-electron chi connectivity index (χ0n) is 14.7. The average molecular weight is 352 g/mol. The Hall–Kier alpha value is -3.35. The number of hydrogen-bond donors (Lipinski definition) is 1. The van der Waals surface area contributed by atoms with Crippen molar-refractivity contribution in [2.75, 3.05) is 20.8 Å². The predicted octanol–water partition coefficient (Wildman–Crippen LogP) is 2.39. The summed E-state index contributed by atoms with van der Waals surface area (Å²) in [6.07, 6.45) is 5.35. The maximum absolute atomic E-state index is 12.4. The molecule has 26 heavy (non-hydrogen) atoms. The molecule has 0 atom stereocenters. The molecule has 0 spiro atoms. The van der Waals surface area contributed by atoms with Gasteiger partial charge in [0.15, 0.2) is 0 Å². The van der Waals surface area contributed by atoms with Crippen molar-refractivity contribution in [3.8, 4) is 22.8 Å². The van der Waals surface area contributed by atoms with Gasteiger partial charge in [0.05, 0.1) is 32.0 Å². The summed E-state index contributed by atoms with van der Waals surface area (Å²) >= 11 is 0. The Balaban J connectivity index is 1.58. The Kier molecular flexibility index (Phi) is 5.48. The van der Waals surface area contributed by atoms with Crippen molar-refractivity contribution < 1.29 is 14.3 Å². The van der Waals surface area contributed by atoms with Gasteiger partial charge in [0, 0.05) is 36.8 Å². The Bertz CT molecular complexity index is 878. The highest BCUT2D eigenvalue weighted by Crippen LogP contribution is 2.24. The smallest absolute Gasteiger partial charge is 0.255 e. The summed E-state index contributed by atoms with van der Waals surface area (Å²) in [5.41, 5.74) is 2.34. The van der Waals surface area contributed by atoms with Crippen LogP contribution in [-0.2, 0) is 6.54 Å². The third kappa shape index (κ3) is 4.00. The van der Waals surface area contributed by atoms with Gasteiger partial charge in [-0.05, 0) is 30.3 Å². The highest BCUT2D eigenvalue weighted by Gasteiger charge is 2.13. The second kappa shape index (κ2) is 8.15. The summed E-state index contributed by atoms with van der Waals surface area (Å²) < 4.78 is 12.2. The van der Waals surface area contributed by atoms with E-state index in [1.54, 1.807) is 42.4 Å². The molecule has 0 bridgehead atoms. The largest absolute Gasteiger partial charge is 0.497 e. The van der Waals surface area contributed by atoms with E-state index < -0.39 is 0 Å². The van der Waals surface area contributed by atoms with Crippen molar-refractivity contribution in [3.05, 3.63) is 60.6 Å². The minimum Gasteiger partial charge on any atom is -0.497 e. The number of carbonyl (C=O) groups excluding carboxylic acids is 1. The molecular weight excluding hydrogens is 332 g/mol. The lowest BCUT2D eigenvalue weighted by Crippen LogP contribution is -2.27. The molecule has 7 nitrogen and oxygen atoms in total. The first-order valence-electron chi connectivity index (χ1n) is 8.15. The van der Waals surface area contributed by atoms with Gasteiger partial charge >= 0.3 is 0 Å². The highest BCUT2D eigenvalue weighted by atomic mass is 16.5. The van der Waals surface area contributed by atoms with Gasteiger partial charge in [0.2, 0.25) is 0 Å². The summed E-state index contributed by atoms with van der Waals surface area (Å²) in [6, 6.07) is 10.8. The molecule has 0 aliphatic rings. The molecular formula is C19H20N4O3. The fourth-order valence-electron chi connectivity index (χ4n) is 2.53. The van der Waals surface area contributed by atoms with E-state index in [1.807, 2.05) is 24.4 Å². The standard InChI is InChI=1S/C19H20N4O3/c1-25-15-3-4-16(18(13-15)26-2)19(24)21-10-12-23-11-7-17(22-23)14-5-8-20-9-6-14/h3-9,11,13H,10,12H2,1-2H3,(H,21,24). The van der Waals surface area contributed by atoms with E-state index in [9.17, 15) is 4.79 Å². The van der Waals surface area contributed by atoms with Crippen molar-refractivity contribution in [1.82, 2.24) is 20.1 Å². The lowest BCUT2D eigenvalue weighted by molar-refractivity contribution is 0.0949. The van der Waals surface area contributed by atoms with Crippen LogP contribution in [0.2, 0.25) is 0 Å². The summed E-state index contributed by atoms with van der Waals surface area (Å²) in [5.74, 6) is 0.908. The van der Waals surface area contributed by atoms with Gasteiger partial charge in [-0.1, -0.05) is 0 Å². The lowest BCUT2D eigenvalue weighted by atomic mass is 10.1. The molecule has 3 aromatic rings. The van der Waals surface area contributed by atoms with E-state index >= 15 is 0 Å². The Labute approximate surface area is 151 Å². The maximum Gasteiger partial charge on any atom is 0.255 e. The molecule has 2 heterocycles. The third-order valence-electron chi connectivity index (χ3n) is 3.90. The van der Waals surface area contributed by atoms with Crippen LogP contribution in [0.15, 0.2) is 55.0 Å². The number of ether oxygens (including phenoxy) is 2. The molecule has 1 amide bonds. The number of hydrogen-bond acceptors (Lipinski definition) is 5. The Morgan fingerprint density at radius 1 is 1.12 bits per heavy atom. The van der Waals surface area contributed by atoms with Crippen LogP contribution in [0.1, 0.15) is 10.4 Å². The van der Waals surface area contributed by atoms with E-state index in [0.717, 1.165) is 11.3 Å². The molecule has 2 aromatic heterocycles. The summed E-state index contributed by atoms with van der Waals surface area (Å²) in [4.78, 5) is 16.4. The normalized spacial score (nSPS) is 10.4. The molecule has 1 aromatic carbocycles. The average Bonchev–Trinajstić information content (AvgIpc) is 3.17. The molecule has 1 N–H and O–H groups in total. The summed E-state index contributed by atoms with van der Waals surface area (Å²) in [6.45, 7) is 1.01. The van der Waals surface area contributed by atoms with Crippen molar-refractivity contribution >= 4 is 5.91 Å². The van der Waals surface area contributed by atoms with Crippen LogP contribution >= 0.6 is 0 Å². The molecule has 134 valence electrons. The monoisotopic (exact) mass is 352 g/mol. The first-order chi connectivity index (χ1) is 12.7. The summed E-state index contributed by atoms with van der Waals surface area (Å²) in [7, 11) is 3.09. The van der Waals surface area contributed by atoms with Gasteiger partial charge in [-0.3, -0.25) is 14.5 Å². The van der Waals surface area contributed by atoms with Crippen LogP contribution < -0.4 is 14.8 Å². The molecule has 7 heteroatoms. The highest BCUT2D eigenvalue weighted by molar-refractivity contribution is 5.97. The van der Waals surface area contributed by atoms with Gasteiger partial charge in [-0.2, -0.15) is 5.10 Å². The minimum atomic E-state index is -0.203. The van der Waals surface area contributed by atoms with Crippen LogP contribution in [0.25, 0.3) is 11.3 Å². The van der Waals surface area contributed by atoms with Crippen LogP contribution in [0.5, 0.6) is 11.5 Å². The number of nitrogens with one attached hydrogen (secondary N) is 1. The number of amides is 1. The first-order valence-corrected chi connectivity index (χ1v) is 8.15. The van der Waals surface area contributed by atoms with E-state index in [0.29, 0.717) is 30.2 Å². The fourth-order valence-corrected chi connectivity index (χ4v) is 2.53. The molecule has 3 rings (SSSR count). The molecule has 0 aliphatic carbocycles. The van der Waals surface area contributed by atoms with E-state index in [-0.39, 0.29) is 5.91 Å². The molecule has 0 aliphatic heterocycles. The van der Waals surface area contributed by atoms with Crippen molar-refractivity contribution in [2.45, 2.75) is 6.54 Å². The zero-order valence-corrected chi connectivity index (χ0v) is 14.7. The number of benzene rings is 1. The van der Waals surface area contributed by atoms with E-state index in [2.05, 4.69) is 15.4 Å². The predicted molar refractivity (Wildman–Crippen MR) is 97.3 cm³/mol. The molecule has 0 unspecified atom stereocenters. The minimum absolute atomic E-state index is 0.203. The Morgan fingerprint density at radius 3 is 2.65 bits per heavy atom. The number of nitrogens with zero attached hydrogens (tertiary/aromatic N) is 3. The summed E-state index contributed by atoms with van der Waals surface area (Å²) in [5, 5.41) is 7.38. The number of pyridine rings is 1. The molecule has 0 fully saturated rings. The second-order valence-electron chi connectivity index (χ2n) is 5.52. The van der Waals surface area contributed by atoms with E-state index in [4.69, 9.17) is 9.47 Å². The van der Waals surface area contributed by atoms with Crippen LogP contribution in [0, 0.1) is 0 Å². The van der Waals surface area contributed by atoms with Gasteiger partial charge in [0.25, 0.3) is 5.91 Å². The van der Waals surface area contributed by atoms with Gasteiger partial charge < -0.3 is 14.8 Å². The van der Waals surface area contributed by atoms with Gasteiger partial charge in [0.1, 0.15) is 11.5 Å². The molecule has 0 saturated carbocycles. The number of aromatic nitrogens is 3. The van der Waals surface area contributed by atoms with Crippen LogP contribution in [0.3, 0.4) is 0 Å². The van der Waals surface area contributed by atoms with Crippen LogP contribution in [0.4, 0.5) is 0 Å². The van der Waals surface area contributed by atoms with Gasteiger partial charge in [-0.15, -0.1) is 0 Å². The first kappa shape index (κ1) is 17.5. The molecule has 0 radical (unpaired) electrons. The Morgan fingerprint density at radius 2 is 1.92 bits per heavy atom. The van der Waals surface area contributed by atoms with Gasteiger partial charge in [-0.25, -0.2) is 0 Å². The van der Waals surface area contributed by atoms with E-state index in [1.165, 1.54) is 7.11 Å². The number of carbonyl (C=O) groups is 1. The second-order valence-corrected chi connectivity index (χ2v) is 5.52. The quantitative estimate of drug-likeness (QED) is 0.706. The maximum atomic E-state index is 12.4. The fraction of sp³-hybridized carbons (Fsp3) is 0.211. The lowest BCUT2D eigenvalue weighted by Gasteiger charge is -2.11. The topological polar surface area (TPSA) is 78.3 Å². The SMILES string of the molecule is COc1ccc(C(=O)NCCn2ccc(-c3ccncc3)n2)c(OC)c1. The third-order valence-corrected chi connectivity index (χ3v) is 3.90. The number of methoxy groups -OCH3 is 2. The van der Waals surface area contributed by atoms with Crippen molar-refractivity contribution in [1.29, 1.82) is 0 Å². The number of rotatable bonds is 7. The van der Waals surface area contributed by atoms with Crippen LogP contribution in [-0.4, -0.2) is 41.4 Å². The zero-order chi connectivity index (χ0) is 18.4.